The lowest BCUT2D eigenvalue weighted by molar-refractivity contribution is -0.277. The van der Waals surface area contributed by atoms with Crippen molar-refractivity contribution in [3.63, 3.8) is 0 Å². The second-order valence-corrected chi connectivity index (χ2v) is 10.1. The van der Waals surface area contributed by atoms with Crippen LogP contribution in [0.25, 0.3) is 11.1 Å². The van der Waals surface area contributed by atoms with Crippen molar-refractivity contribution in [2.24, 2.45) is 0 Å². The molecule has 2 aliphatic heterocycles. The summed E-state index contributed by atoms with van der Waals surface area (Å²) in [6.45, 7) is -1.13. The maximum absolute atomic E-state index is 10.3. The topological polar surface area (TPSA) is 208 Å². The lowest BCUT2D eigenvalue weighted by Gasteiger charge is -2.39. The third-order valence-electron chi connectivity index (χ3n) is 7.59. The van der Waals surface area contributed by atoms with E-state index in [9.17, 15) is 40.9 Å². The summed E-state index contributed by atoms with van der Waals surface area (Å²) in [5.74, 6) is 1.12. The number of aryl methyl sites for hydroxylation is 2. The Morgan fingerprint density at radius 1 is 0.675 bits per heavy atom. The summed E-state index contributed by atoms with van der Waals surface area (Å²) in [5, 5.41) is 79.6. The minimum Gasteiger partial charge on any atom is -0.496 e. The molecule has 1 aliphatic carbocycles. The molecule has 3 aliphatic rings. The Kier molecular flexibility index (Phi) is 8.50. The van der Waals surface area contributed by atoms with Gasteiger partial charge in [0.25, 0.3) is 0 Å². The second kappa shape index (κ2) is 11.7. The van der Waals surface area contributed by atoms with Crippen molar-refractivity contribution in [2.45, 2.75) is 74.3 Å². The molecule has 13 heteroatoms. The molecule has 2 saturated heterocycles. The van der Waals surface area contributed by atoms with E-state index in [0.29, 0.717) is 30.1 Å². The Hall–Kier alpha value is -2.56. The molecule has 40 heavy (non-hydrogen) atoms. The van der Waals surface area contributed by atoms with Crippen LogP contribution in [0.5, 0.6) is 17.2 Å². The molecule has 10 atom stereocenters. The van der Waals surface area contributed by atoms with Crippen LogP contribution in [0.1, 0.15) is 11.1 Å². The number of aliphatic hydroxyl groups excluding tert-OH is 8. The molecular weight excluding hydrogens is 532 g/mol. The van der Waals surface area contributed by atoms with Crippen LogP contribution in [-0.2, 0) is 22.3 Å². The number of aliphatic hydroxyl groups is 8. The van der Waals surface area contributed by atoms with Gasteiger partial charge in [-0.2, -0.15) is 0 Å². The van der Waals surface area contributed by atoms with Gasteiger partial charge in [0, 0.05) is 11.6 Å². The van der Waals surface area contributed by atoms with Crippen LogP contribution in [0, 0.1) is 0 Å². The summed E-state index contributed by atoms with van der Waals surface area (Å²) in [6.07, 6.45) is -12.8. The Bertz CT molecular complexity index is 1170. The predicted molar refractivity (Wildman–Crippen MR) is 135 cm³/mol. The highest BCUT2D eigenvalue weighted by atomic mass is 16.7. The lowest BCUT2D eigenvalue weighted by atomic mass is 9.84. The summed E-state index contributed by atoms with van der Waals surface area (Å²) in [7, 11) is 1.50. The summed E-state index contributed by atoms with van der Waals surface area (Å²) in [5.41, 5.74) is 3.47. The van der Waals surface area contributed by atoms with Gasteiger partial charge < -0.3 is 64.5 Å². The molecule has 2 heterocycles. The van der Waals surface area contributed by atoms with Crippen LogP contribution in [0.2, 0.25) is 0 Å². The third-order valence-corrected chi connectivity index (χ3v) is 7.59. The Balaban J connectivity index is 1.37. The first-order valence-electron chi connectivity index (χ1n) is 12.9. The number of hydrogen-bond acceptors (Lipinski definition) is 13. The Labute approximate surface area is 229 Å². The smallest absolute Gasteiger partial charge is 0.229 e. The summed E-state index contributed by atoms with van der Waals surface area (Å²) in [4.78, 5) is 0. The molecule has 0 spiro atoms. The molecule has 0 radical (unpaired) electrons. The molecule has 2 aromatic rings. The summed E-state index contributed by atoms with van der Waals surface area (Å²) in [6, 6.07) is 8.62. The molecule has 2 aromatic carbocycles. The number of fused-ring (bicyclic) bond motifs is 3. The van der Waals surface area contributed by atoms with Gasteiger partial charge in [0.2, 0.25) is 12.6 Å². The van der Waals surface area contributed by atoms with Gasteiger partial charge in [0.15, 0.2) is 0 Å². The first-order chi connectivity index (χ1) is 19.2. The zero-order chi connectivity index (χ0) is 28.7. The molecular formula is C27H34O13. The number of hydrogen-bond donors (Lipinski definition) is 8. The largest absolute Gasteiger partial charge is 0.496 e. The van der Waals surface area contributed by atoms with E-state index in [1.165, 1.54) is 7.11 Å². The van der Waals surface area contributed by atoms with E-state index in [4.69, 9.17) is 23.7 Å². The van der Waals surface area contributed by atoms with Crippen LogP contribution in [0.15, 0.2) is 30.3 Å². The van der Waals surface area contributed by atoms with Crippen LogP contribution >= 0.6 is 0 Å². The van der Waals surface area contributed by atoms with Gasteiger partial charge in [-0.15, -0.1) is 0 Å². The quantitative estimate of drug-likeness (QED) is 0.180. The van der Waals surface area contributed by atoms with E-state index in [1.807, 2.05) is 6.07 Å². The molecule has 2 fully saturated rings. The molecule has 13 nitrogen and oxygen atoms in total. The number of rotatable bonds is 7. The van der Waals surface area contributed by atoms with Crippen molar-refractivity contribution in [1.82, 2.24) is 0 Å². The van der Waals surface area contributed by atoms with Gasteiger partial charge in [-0.1, -0.05) is 6.07 Å². The fourth-order valence-electron chi connectivity index (χ4n) is 5.34. The number of benzene rings is 2. The highest BCUT2D eigenvalue weighted by Crippen LogP contribution is 2.44. The molecule has 0 saturated carbocycles. The van der Waals surface area contributed by atoms with E-state index < -0.39 is 74.6 Å². The van der Waals surface area contributed by atoms with Crippen LogP contribution < -0.4 is 14.2 Å². The van der Waals surface area contributed by atoms with Gasteiger partial charge in [-0.25, -0.2) is 0 Å². The molecule has 0 unspecified atom stereocenters. The molecule has 0 bridgehead atoms. The zero-order valence-electron chi connectivity index (χ0n) is 21.6. The van der Waals surface area contributed by atoms with Crippen molar-refractivity contribution in [2.75, 3.05) is 20.3 Å². The first kappa shape index (κ1) is 29.0. The highest BCUT2D eigenvalue weighted by molar-refractivity contribution is 5.80. The van der Waals surface area contributed by atoms with Crippen molar-refractivity contribution in [1.29, 1.82) is 0 Å². The number of methoxy groups -OCH3 is 1. The van der Waals surface area contributed by atoms with Gasteiger partial charge in [0.05, 0.1) is 20.3 Å². The predicted octanol–water partition coefficient (Wildman–Crippen LogP) is -2.18. The Morgan fingerprint density at radius 3 is 1.75 bits per heavy atom. The molecule has 5 rings (SSSR count). The van der Waals surface area contributed by atoms with E-state index >= 15 is 0 Å². The minimum absolute atomic E-state index is 0.297. The zero-order valence-corrected chi connectivity index (χ0v) is 21.6. The van der Waals surface area contributed by atoms with E-state index in [0.717, 1.165) is 22.3 Å². The maximum atomic E-state index is 10.3. The monoisotopic (exact) mass is 566 g/mol. The minimum atomic E-state index is -1.57. The summed E-state index contributed by atoms with van der Waals surface area (Å²) < 4.78 is 28.1. The average Bonchev–Trinajstić information content (AvgIpc) is 2.96. The summed E-state index contributed by atoms with van der Waals surface area (Å²) >= 11 is 0. The third kappa shape index (κ3) is 5.25. The van der Waals surface area contributed by atoms with Crippen molar-refractivity contribution in [3.8, 4) is 28.4 Å². The molecule has 8 N–H and O–H groups in total. The van der Waals surface area contributed by atoms with Crippen LogP contribution in [0.4, 0.5) is 0 Å². The molecule has 220 valence electrons. The van der Waals surface area contributed by atoms with Crippen molar-refractivity contribution in [3.05, 3.63) is 41.5 Å². The van der Waals surface area contributed by atoms with Gasteiger partial charge in [-0.05, 0) is 47.7 Å². The van der Waals surface area contributed by atoms with Crippen molar-refractivity contribution >= 4 is 0 Å². The van der Waals surface area contributed by atoms with Gasteiger partial charge in [0.1, 0.15) is 66.1 Å². The standard InChI is InChI=1S/C27H34O13/c1-36-16-8-14(38-27-25(35)23(33)21(31)18(10-29)40-27)7-12-3-2-11-6-13(4-5-15(11)19(12)16)37-26-24(34)22(32)20(30)17(9-28)39-26/h4-8,17-18,20-35H,2-3,9-10H2,1H3/t17-,18-,20-,21-,22+,23+,24-,25-,26-,27-/m1/s1. The molecule has 0 aromatic heterocycles. The lowest BCUT2D eigenvalue weighted by Crippen LogP contribution is -2.60. The Morgan fingerprint density at radius 2 is 1.20 bits per heavy atom. The average molecular weight is 567 g/mol. The normalized spacial score (nSPS) is 35.4. The van der Waals surface area contributed by atoms with Crippen LogP contribution in [0.3, 0.4) is 0 Å². The van der Waals surface area contributed by atoms with Gasteiger partial charge in [-0.3, -0.25) is 0 Å². The van der Waals surface area contributed by atoms with Crippen LogP contribution in [-0.4, -0.2) is 123 Å². The fraction of sp³-hybridized carbons (Fsp3) is 0.556. The van der Waals surface area contributed by atoms with Crippen molar-refractivity contribution < 1.29 is 64.5 Å². The maximum Gasteiger partial charge on any atom is 0.229 e. The highest BCUT2D eigenvalue weighted by Gasteiger charge is 2.46. The second-order valence-electron chi connectivity index (χ2n) is 10.1. The van der Waals surface area contributed by atoms with Gasteiger partial charge >= 0.3 is 0 Å². The van der Waals surface area contributed by atoms with E-state index in [-0.39, 0.29) is 0 Å². The first-order valence-corrected chi connectivity index (χ1v) is 12.9. The van der Waals surface area contributed by atoms with E-state index in [2.05, 4.69) is 0 Å². The SMILES string of the molecule is COc1cc(O[C@@H]2O[C@H](CO)[C@@H](O)[C@H](O)[C@H]2O)cc2c1-c1ccc(O[C@@H]3O[C@H](CO)[C@@H](O)[C@H](O)[C@H]3O)cc1CC2. The van der Waals surface area contributed by atoms with E-state index in [1.54, 1.807) is 24.3 Å². The molecule has 0 amide bonds. The fourth-order valence-corrected chi connectivity index (χ4v) is 5.34. The number of ether oxygens (including phenoxy) is 5.